The highest BCUT2D eigenvalue weighted by Crippen LogP contribution is 2.35. The van der Waals surface area contributed by atoms with Crippen LogP contribution in [0.4, 0.5) is 24.5 Å². The van der Waals surface area contributed by atoms with E-state index in [0.29, 0.717) is 66.4 Å². The van der Waals surface area contributed by atoms with Crippen LogP contribution < -0.4 is 10.2 Å². The zero-order chi connectivity index (χ0) is 34.7. The van der Waals surface area contributed by atoms with Crippen LogP contribution in [0.3, 0.4) is 0 Å². The molecule has 0 spiro atoms. The van der Waals surface area contributed by atoms with Crippen molar-refractivity contribution >= 4 is 34.1 Å². The highest BCUT2D eigenvalue weighted by Gasteiger charge is 2.46. The molecule has 2 saturated heterocycles. The minimum absolute atomic E-state index is 0.0670. The zero-order valence-electron chi connectivity index (χ0n) is 27.1. The Morgan fingerprint density at radius 1 is 0.920 bits per heavy atom. The standard InChI is InChI=1S/C36H35F3N8O3/c37-26-6-2-24(3-7-26)32-29-20-27(8-11-30(29)43-44-32)42-34(49)36(23-50-35(38)39)12-15-45(22-36)21-31(48)47-18-16-46(17-19-47)28-9-4-25(5-10-28)33-40-13-1-14-41-33/h1-11,13-14,20,35H,12,15-19,21-23H2,(H,42,49)(H,43,44). The number of ether oxygens (including phenoxy) is 1. The van der Waals surface area contributed by atoms with Crippen LogP contribution in [-0.2, 0) is 14.3 Å². The summed E-state index contributed by atoms with van der Waals surface area (Å²) in [5, 5.41) is 10.9. The third-order valence-corrected chi connectivity index (χ3v) is 9.39. The molecule has 0 bridgehead atoms. The zero-order valence-corrected chi connectivity index (χ0v) is 27.1. The molecule has 0 radical (unpaired) electrons. The number of H-pyrrole nitrogens is 1. The minimum Gasteiger partial charge on any atom is -0.368 e. The van der Waals surface area contributed by atoms with E-state index in [-0.39, 0.29) is 31.2 Å². The number of carbonyl (C=O) groups is 2. The topological polar surface area (TPSA) is 120 Å². The van der Waals surface area contributed by atoms with Crippen LogP contribution in [0.5, 0.6) is 0 Å². The van der Waals surface area contributed by atoms with Crippen LogP contribution in [-0.4, -0.2) is 101 Å². The first-order chi connectivity index (χ1) is 24.3. The molecule has 5 aromatic rings. The lowest BCUT2D eigenvalue weighted by atomic mass is 9.86. The van der Waals surface area contributed by atoms with Gasteiger partial charge in [0.05, 0.1) is 29.8 Å². The lowest BCUT2D eigenvalue weighted by Crippen LogP contribution is -2.51. The lowest BCUT2D eigenvalue weighted by molar-refractivity contribution is -0.159. The van der Waals surface area contributed by atoms with E-state index < -0.39 is 24.5 Å². The molecule has 1 unspecified atom stereocenters. The first kappa shape index (κ1) is 33.2. The number of carbonyl (C=O) groups excluding carboxylic acids is 2. The van der Waals surface area contributed by atoms with Gasteiger partial charge in [0, 0.05) is 73.0 Å². The molecule has 14 heteroatoms. The molecule has 50 heavy (non-hydrogen) atoms. The third-order valence-electron chi connectivity index (χ3n) is 9.39. The molecular formula is C36H35F3N8O3. The fourth-order valence-corrected chi connectivity index (χ4v) is 6.64. The number of nitrogens with one attached hydrogen (secondary N) is 2. The van der Waals surface area contributed by atoms with Crippen molar-refractivity contribution in [1.29, 1.82) is 0 Å². The number of hydrogen-bond donors (Lipinski definition) is 2. The number of anilines is 2. The molecule has 2 fully saturated rings. The second kappa shape index (κ2) is 14.3. The molecule has 2 aliphatic heterocycles. The van der Waals surface area contributed by atoms with E-state index in [1.165, 1.54) is 12.1 Å². The Morgan fingerprint density at radius 3 is 2.36 bits per heavy atom. The minimum atomic E-state index is -3.05. The van der Waals surface area contributed by atoms with Gasteiger partial charge in [0.15, 0.2) is 5.82 Å². The van der Waals surface area contributed by atoms with E-state index in [2.05, 4.69) is 30.4 Å². The van der Waals surface area contributed by atoms with Gasteiger partial charge in [0.2, 0.25) is 11.8 Å². The van der Waals surface area contributed by atoms with Crippen LogP contribution in [0.1, 0.15) is 6.42 Å². The molecule has 0 saturated carbocycles. The molecule has 1 atom stereocenters. The molecule has 2 aromatic heterocycles. The number of aromatic amines is 1. The van der Waals surface area contributed by atoms with E-state index >= 15 is 0 Å². The van der Waals surface area contributed by atoms with Crippen molar-refractivity contribution in [3.8, 4) is 22.6 Å². The van der Waals surface area contributed by atoms with E-state index in [1.807, 2.05) is 29.2 Å². The fraction of sp³-hybridized carbons (Fsp3) is 0.306. The number of benzene rings is 3. The Hall–Kier alpha value is -5.34. The maximum absolute atomic E-state index is 13.8. The summed E-state index contributed by atoms with van der Waals surface area (Å²) in [6, 6.07) is 20.9. The number of nitrogens with zero attached hydrogens (tertiary/aromatic N) is 6. The smallest absolute Gasteiger partial charge is 0.345 e. The van der Waals surface area contributed by atoms with Crippen LogP contribution in [0.25, 0.3) is 33.5 Å². The number of likely N-dealkylation sites (tertiary alicyclic amines) is 1. The first-order valence-electron chi connectivity index (χ1n) is 16.3. The molecule has 4 heterocycles. The van der Waals surface area contributed by atoms with E-state index in [0.717, 1.165) is 11.3 Å². The van der Waals surface area contributed by atoms with Crippen molar-refractivity contribution in [3.05, 3.63) is 91.0 Å². The van der Waals surface area contributed by atoms with E-state index in [1.54, 1.807) is 53.7 Å². The number of fused-ring (bicyclic) bond motifs is 1. The molecule has 11 nitrogen and oxygen atoms in total. The Labute approximate surface area is 286 Å². The van der Waals surface area contributed by atoms with Crippen LogP contribution in [0.2, 0.25) is 0 Å². The van der Waals surface area contributed by atoms with Crippen molar-refractivity contribution in [2.75, 3.05) is 62.6 Å². The number of alkyl halides is 2. The van der Waals surface area contributed by atoms with Crippen molar-refractivity contribution in [2.24, 2.45) is 5.41 Å². The second-order valence-electron chi connectivity index (χ2n) is 12.6. The number of aromatic nitrogens is 4. The summed E-state index contributed by atoms with van der Waals surface area (Å²) in [5.41, 5.74) is 3.09. The molecule has 2 amide bonds. The summed E-state index contributed by atoms with van der Waals surface area (Å²) in [5.74, 6) is -0.263. The number of halogens is 3. The van der Waals surface area contributed by atoms with E-state index in [9.17, 15) is 22.8 Å². The molecular weight excluding hydrogens is 649 g/mol. The van der Waals surface area contributed by atoms with E-state index in [4.69, 9.17) is 4.74 Å². The van der Waals surface area contributed by atoms with Gasteiger partial charge in [-0.25, -0.2) is 14.4 Å². The highest BCUT2D eigenvalue weighted by molar-refractivity contribution is 6.00. The normalized spacial score (nSPS) is 18.2. The van der Waals surface area contributed by atoms with Gasteiger partial charge in [-0.15, -0.1) is 0 Å². The summed E-state index contributed by atoms with van der Waals surface area (Å²) in [4.78, 5) is 41.6. The highest BCUT2D eigenvalue weighted by atomic mass is 19.3. The van der Waals surface area contributed by atoms with Crippen LogP contribution >= 0.6 is 0 Å². The van der Waals surface area contributed by atoms with Crippen molar-refractivity contribution in [2.45, 2.75) is 13.0 Å². The third kappa shape index (κ3) is 7.16. The van der Waals surface area contributed by atoms with Gasteiger partial charge in [0.25, 0.3) is 0 Å². The van der Waals surface area contributed by atoms with Crippen molar-refractivity contribution < 1.29 is 27.5 Å². The summed E-state index contributed by atoms with van der Waals surface area (Å²) < 4.78 is 44.7. The molecule has 2 N–H and O–H groups in total. The fourth-order valence-electron chi connectivity index (χ4n) is 6.64. The summed E-state index contributed by atoms with van der Waals surface area (Å²) in [6.07, 6.45) is 3.65. The summed E-state index contributed by atoms with van der Waals surface area (Å²) in [7, 11) is 0. The number of piperazine rings is 1. The Morgan fingerprint density at radius 2 is 1.64 bits per heavy atom. The monoisotopic (exact) mass is 684 g/mol. The summed E-state index contributed by atoms with van der Waals surface area (Å²) >= 11 is 0. The maximum atomic E-state index is 13.8. The van der Waals surface area contributed by atoms with Gasteiger partial charge in [-0.3, -0.25) is 19.6 Å². The molecule has 258 valence electrons. The predicted octanol–water partition coefficient (Wildman–Crippen LogP) is 5.04. The number of hydrogen-bond acceptors (Lipinski definition) is 8. The quantitative estimate of drug-likeness (QED) is 0.210. The van der Waals surface area contributed by atoms with Crippen molar-refractivity contribution in [3.63, 3.8) is 0 Å². The number of rotatable bonds is 10. The second-order valence-corrected chi connectivity index (χ2v) is 12.6. The predicted molar refractivity (Wildman–Crippen MR) is 182 cm³/mol. The number of amides is 2. The van der Waals surface area contributed by atoms with Gasteiger partial charge < -0.3 is 19.9 Å². The van der Waals surface area contributed by atoms with Gasteiger partial charge in [0.1, 0.15) is 5.82 Å². The van der Waals surface area contributed by atoms with Gasteiger partial charge in [-0.05, 0) is 85.8 Å². The Balaban J connectivity index is 0.974. The van der Waals surface area contributed by atoms with Crippen LogP contribution in [0.15, 0.2) is 85.2 Å². The lowest BCUT2D eigenvalue weighted by Gasteiger charge is -2.37. The molecule has 3 aromatic carbocycles. The average Bonchev–Trinajstić information content (AvgIpc) is 3.76. The average molecular weight is 685 g/mol. The molecule has 2 aliphatic rings. The SMILES string of the molecule is O=C(CN1CCC(COC(F)F)(C(=O)Nc2ccc3[nH]nc(-c4ccc(F)cc4)c3c2)C1)N1CCN(c2ccc(-c3ncccn3)cc2)CC1. The van der Waals surface area contributed by atoms with Crippen LogP contribution in [0, 0.1) is 11.2 Å². The van der Waals surface area contributed by atoms with Gasteiger partial charge in [-0.1, -0.05) is 0 Å². The maximum Gasteiger partial charge on any atom is 0.345 e. The van der Waals surface area contributed by atoms with Crippen molar-refractivity contribution in [1.82, 2.24) is 30.0 Å². The summed E-state index contributed by atoms with van der Waals surface area (Å²) in [6.45, 7) is -0.630. The van der Waals surface area contributed by atoms with Gasteiger partial charge in [-0.2, -0.15) is 13.9 Å². The van der Waals surface area contributed by atoms with Gasteiger partial charge >= 0.3 is 6.61 Å². The first-order valence-corrected chi connectivity index (χ1v) is 16.3. The Bertz CT molecular complexity index is 1950. The Kier molecular flexibility index (Phi) is 9.46. The molecule has 0 aliphatic carbocycles. The molecule has 7 rings (SSSR count). The largest absolute Gasteiger partial charge is 0.368 e.